The van der Waals surface area contributed by atoms with Crippen molar-refractivity contribution < 1.29 is 164 Å². The van der Waals surface area contributed by atoms with E-state index in [0.717, 1.165) is 18.4 Å². The van der Waals surface area contributed by atoms with Crippen LogP contribution in [0.2, 0.25) is 0 Å². The first-order chi connectivity index (χ1) is 46.9. The van der Waals surface area contributed by atoms with E-state index in [0.29, 0.717) is 32.1 Å². The van der Waals surface area contributed by atoms with Crippen LogP contribution in [0.15, 0.2) is 11.6 Å². The highest BCUT2D eigenvalue weighted by atomic mass is 16.8. The lowest BCUT2D eigenvalue weighted by molar-refractivity contribution is -0.380. The normalized spacial score (nSPS) is 52.1. The molecule has 0 aromatic rings. The first kappa shape index (κ1) is 80.9. The molecule has 9 fully saturated rings. The number of allylic oxidation sites excluding steroid dienone is 1. The van der Waals surface area contributed by atoms with Crippen LogP contribution in [-0.2, 0) is 56.8 Å². The molecule has 0 radical (unpaired) electrons. The maximum absolute atomic E-state index is 13.0. The Kier molecular flexibility index (Phi) is 25.5. The van der Waals surface area contributed by atoms with Crippen molar-refractivity contribution >= 4 is 0 Å². The van der Waals surface area contributed by atoms with Crippen LogP contribution >= 0.6 is 0 Å². The van der Waals surface area contributed by atoms with Crippen LogP contribution in [0.4, 0.5) is 0 Å². The highest BCUT2D eigenvalue weighted by Crippen LogP contribution is 2.75. The Balaban J connectivity index is 0.828. The van der Waals surface area contributed by atoms with Gasteiger partial charge in [-0.05, 0) is 99.7 Å². The maximum Gasteiger partial charge on any atom is 0.187 e. The van der Waals surface area contributed by atoms with Crippen LogP contribution in [-0.4, -0.2) is 349 Å². The van der Waals surface area contributed by atoms with Crippen molar-refractivity contribution in [2.24, 2.45) is 51.2 Å². The Morgan fingerprint density at radius 2 is 0.910 bits per heavy atom. The molecule has 0 bridgehead atoms. The van der Waals surface area contributed by atoms with Gasteiger partial charge in [0, 0.05) is 16.7 Å². The first-order valence-corrected chi connectivity index (χ1v) is 35.4. The molecule has 21 N–H and O–H groups in total. The summed E-state index contributed by atoms with van der Waals surface area (Å²) >= 11 is 0. The van der Waals surface area contributed by atoms with Crippen molar-refractivity contribution in [1.29, 1.82) is 0 Å². The Morgan fingerprint density at radius 1 is 0.480 bits per heavy atom. The Labute approximate surface area is 580 Å². The third-order valence-corrected chi connectivity index (χ3v) is 25.4. The fourth-order valence-corrected chi connectivity index (χ4v) is 18.7. The van der Waals surface area contributed by atoms with Gasteiger partial charge in [0.2, 0.25) is 0 Å². The second-order valence-electron chi connectivity index (χ2n) is 31.9. The third-order valence-electron chi connectivity index (χ3n) is 25.4. The molecule has 6 heterocycles. The highest BCUT2D eigenvalue weighted by Gasteiger charge is 2.71. The summed E-state index contributed by atoms with van der Waals surface area (Å²) in [4.78, 5) is 0. The zero-order valence-corrected chi connectivity index (χ0v) is 58.1. The molecule has 4 aliphatic carbocycles. The summed E-state index contributed by atoms with van der Waals surface area (Å²) in [6.07, 6.45) is -44.7. The number of aliphatic hydroxyl groups is 21. The van der Waals surface area contributed by atoms with Crippen molar-refractivity contribution in [2.45, 2.75) is 316 Å². The number of fused-ring (bicyclic) bond motifs is 5. The van der Waals surface area contributed by atoms with Gasteiger partial charge in [-0.25, -0.2) is 0 Å². The number of aliphatic hydroxyl groups excluding tert-OH is 20. The molecule has 100 heavy (non-hydrogen) atoms. The Bertz CT molecular complexity index is 2670. The molecule has 40 atom stereocenters. The van der Waals surface area contributed by atoms with Crippen LogP contribution in [0.1, 0.15) is 114 Å². The molecular formula is C67H114O33. The van der Waals surface area contributed by atoms with Gasteiger partial charge in [0.25, 0.3) is 0 Å². The van der Waals surface area contributed by atoms with Gasteiger partial charge >= 0.3 is 0 Å². The fraction of sp³-hybridized carbons (Fsp3) is 0.970. The minimum absolute atomic E-state index is 0.0223. The van der Waals surface area contributed by atoms with E-state index in [9.17, 15) is 107 Å². The zero-order chi connectivity index (χ0) is 73.5. The van der Waals surface area contributed by atoms with Gasteiger partial charge in [-0.3, -0.25) is 0 Å². The average Bonchev–Trinajstić information content (AvgIpc) is 1.32. The molecular weight excluding hydrogens is 1330 g/mol. The standard InChI is InChI=1S/C67H114O33/c1-25(10-14-39(64(5,6)88)98-62-56(99-59-53(86)48(81)43(76)32(21-70)93-59)51(84)46(79)35(96-62)24-89-57-41(74)26(2)40(73)30(19-68)91-57)27-16-17-65(7)36-13-11-28-29(67(36,9)37(72)18-66(27,65)8)12-15-38(63(28,3)4)97-61-55(50(83)44(77)33(22-71)94-61)100-60-54(87)49(82)45(78)34(95-60)23-90-58-52(85)47(80)42(75)31(20-69)92-58/h11,25-27,29-62,68-88H,10,12-24H2,1-9H3/t25-,26+,27?,29?,30-,31-,32+,33-,34+,35-,36?,37-,38+,39-,40+,41-,42-,43+,44-,45+,46-,47+,48-,49-,50+,51+,52-,53+,54+,55-,56-,57-,58-,59?,60-,61+,62+,65+,66-,67+/m1/s1. The van der Waals surface area contributed by atoms with Gasteiger partial charge in [-0.2, -0.15) is 0 Å². The van der Waals surface area contributed by atoms with Crippen molar-refractivity contribution in [3.8, 4) is 0 Å². The van der Waals surface area contributed by atoms with E-state index in [2.05, 4.69) is 33.8 Å². The molecule has 10 rings (SSSR count). The second kappa shape index (κ2) is 31.6. The Hall–Kier alpha value is -1.58. The van der Waals surface area contributed by atoms with E-state index in [1.165, 1.54) is 20.8 Å². The molecule has 0 amide bonds. The minimum atomic E-state index is -1.99. The van der Waals surface area contributed by atoms with Crippen molar-refractivity contribution in [3.05, 3.63) is 11.6 Å². The molecule has 33 heteroatoms. The number of rotatable bonds is 23. The number of hydrogen-bond donors (Lipinski definition) is 21. The second-order valence-corrected chi connectivity index (χ2v) is 31.9. The number of hydrogen-bond acceptors (Lipinski definition) is 33. The SMILES string of the molecule is C[C@@H]1[C@@H](O)[C@H](OC[C@H]2O[C@@H](O[C@H](CC[C@@H](C)C3CC[C@@]4(C)C5CC=C6C(CC[C@H](O[C@@H]7O[C@H](CO)[C@@H](O)[C@H](O)[C@H]7O[C@H]7O[C@@H](CO[C@@H]8O[C@H](CO)[C@@H](O)[C@H](O)[C@H]8O)[C@H](O)[C@@H](O)[C@@H]7O)C6(C)C)[C@]5(C)[C@H](O)C[C@]34C)C(C)(C)O)[C@H](OC3O[C@@H](CO)[C@H](O)[C@@H](O)[C@@H]3O)[C@@H](O)[C@@H]2O)O[C@H](CO)[C@H]1O. The van der Waals surface area contributed by atoms with E-state index >= 15 is 0 Å². The van der Waals surface area contributed by atoms with Crippen LogP contribution in [0.3, 0.4) is 0 Å². The summed E-state index contributed by atoms with van der Waals surface area (Å²) in [6, 6.07) is 0. The average molecular weight is 1450 g/mol. The van der Waals surface area contributed by atoms with E-state index in [1.54, 1.807) is 0 Å². The molecule has 580 valence electrons. The van der Waals surface area contributed by atoms with Crippen LogP contribution in [0.5, 0.6) is 0 Å². The lowest BCUT2D eigenvalue weighted by Crippen LogP contribution is -2.66. The van der Waals surface area contributed by atoms with Crippen molar-refractivity contribution in [1.82, 2.24) is 0 Å². The first-order valence-electron chi connectivity index (χ1n) is 35.4. The van der Waals surface area contributed by atoms with Gasteiger partial charge in [0.1, 0.15) is 134 Å². The fourth-order valence-electron chi connectivity index (χ4n) is 18.7. The van der Waals surface area contributed by atoms with Crippen molar-refractivity contribution in [3.63, 3.8) is 0 Å². The highest BCUT2D eigenvalue weighted by molar-refractivity contribution is 5.32. The summed E-state index contributed by atoms with van der Waals surface area (Å²) in [5.41, 5.74) is -2.82. The molecule has 3 saturated carbocycles. The molecule has 10 aliphatic rings. The predicted molar refractivity (Wildman–Crippen MR) is 336 cm³/mol. The van der Waals surface area contributed by atoms with Crippen LogP contribution in [0, 0.1) is 51.2 Å². The molecule has 33 nitrogen and oxygen atoms in total. The van der Waals surface area contributed by atoms with E-state index in [4.69, 9.17) is 56.8 Å². The topological polar surface area (TPSA) is 536 Å². The van der Waals surface area contributed by atoms with Gasteiger partial charge in [-0.15, -0.1) is 0 Å². The van der Waals surface area contributed by atoms with Gasteiger partial charge in [0.05, 0.1) is 69.7 Å². The number of ether oxygens (including phenoxy) is 12. The summed E-state index contributed by atoms with van der Waals surface area (Å²) in [5.74, 6) is -1.02. The van der Waals surface area contributed by atoms with E-state index in [-0.39, 0.29) is 35.5 Å². The van der Waals surface area contributed by atoms with Crippen molar-refractivity contribution in [2.75, 3.05) is 39.6 Å². The predicted octanol–water partition coefficient (Wildman–Crippen LogP) is -6.31. The molecule has 6 saturated heterocycles. The van der Waals surface area contributed by atoms with Gasteiger partial charge in [0.15, 0.2) is 37.7 Å². The quantitative estimate of drug-likeness (QED) is 0.0423. The van der Waals surface area contributed by atoms with E-state index < -0.39 is 264 Å². The monoisotopic (exact) mass is 1450 g/mol. The van der Waals surface area contributed by atoms with Gasteiger partial charge < -0.3 is 164 Å². The summed E-state index contributed by atoms with van der Waals surface area (Å²) in [5, 5.41) is 229. The summed E-state index contributed by atoms with van der Waals surface area (Å²) < 4.78 is 72.1. The van der Waals surface area contributed by atoms with E-state index in [1.807, 2.05) is 13.8 Å². The van der Waals surface area contributed by atoms with Crippen LogP contribution < -0.4 is 0 Å². The maximum atomic E-state index is 13.0. The summed E-state index contributed by atoms with van der Waals surface area (Å²) in [6.45, 7) is 13.3. The molecule has 4 unspecified atom stereocenters. The lowest BCUT2D eigenvalue weighted by Gasteiger charge is -2.67. The smallest absolute Gasteiger partial charge is 0.187 e. The molecule has 0 aromatic heterocycles. The minimum Gasteiger partial charge on any atom is -0.394 e. The Morgan fingerprint density at radius 3 is 1.43 bits per heavy atom. The third kappa shape index (κ3) is 14.8. The lowest BCUT2D eigenvalue weighted by atomic mass is 9.38. The largest absolute Gasteiger partial charge is 0.394 e. The molecule has 6 aliphatic heterocycles. The zero-order valence-electron chi connectivity index (χ0n) is 58.1. The summed E-state index contributed by atoms with van der Waals surface area (Å²) in [7, 11) is 0. The van der Waals surface area contributed by atoms with Gasteiger partial charge in [-0.1, -0.05) is 60.1 Å². The molecule has 0 aromatic carbocycles. The van der Waals surface area contributed by atoms with Crippen LogP contribution in [0.25, 0.3) is 0 Å². The molecule has 0 spiro atoms.